The van der Waals surface area contributed by atoms with Crippen molar-refractivity contribution < 1.29 is 9.59 Å². The summed E-state index contributed by atoms with van der Waals surface area (Å²) in [6.07, 6.45) is 1.85. The summed E-state index contributed by atoms with van der Waals surface area (Å²) in [6, 6.07) is 2.10. The number of nitrogens with one attached hydrogen (secondary N) is 1. The molecular formula is C12H21N3O2. The Kier molecular flexibility index (Phi) is 7.78. The minimum Gasteiger partial charge on any atom is -0.370 e. The second kappa shape index (κ2) is 8.57. The van der Waals surface area contributed by atoms with E-state index < -0.39 is 0 Å². The first kappa shape index (κ1) is 15.4. The van der Waals surface area contributed by atoms with Crippen molar-refractivity contribution in [3.05, 3.63) is 0 Å². The van der Waals surface area contributed by atoms with Gasteiger partial charge in [0.05, 0.1) is 6.07 Å². The first-order valence-electron chi connectivity index (χ1n) is 5.87. The fourth-order valence-corrected chi connectivity index (χ4v) is 1.52. The molecule has 0 aliphatic carbocycles. The van der Waals surface area contributed by atoms with E-state index in [2.05, 4.69) is 11.4 Å². The molecule has 96 valence electrons. The van der Waals surface area contributed by atoms with Gasteiger partial charge in [0.15, 0.2) is 0 Å². The molecule has 2 atom stereocenters. The van der Waals surface area contributed by atoms with E-state index in [0.29, 0.717) is 25.3 Å². The smallest absolute Gasteiger partial charge is 0.220 e. The summed E-state index contributed by atoms with van der Waals surface area (Å²) in [5.41, 5.74) is 5.04. The van der Waals surface area contributed by atoms with Gasteiger partial charge in [-0.15, -0.1) is 0 Å². The van der Waals surface area contributed by atoms with Gasteiger partial charge in [-0.2, -0.15) is 5.26 Å². The SMILES string of the molecule is CC(CC#N)CCNC(=O)CC(C)CC(N)=O. The van der Waals surface area contributed by atoms with Gasteiger partial charge in [-0.25, -0.2) is 0 Å². The van der Waals surface area contributed by atoms with E-state index in [1.54, 1.807) is 0 Å². The predicted molar refractivity (Wildman–Crippen MR) is 64.6 cm³/mol. The Morgan fingerprint density at radius 1 is 1.29 bits per heavy atom. The van der Waals surface area contributed by atoms with Gasteiger partial charge in [0.1, 0.15) is 0 Å². The van der Waals surface area contributed by atoms with Crippen molar-refractivity contribution in [2.45, 2.75) is 39.5 Å². The van der Waals surface area contributed by atoms with Crippen LogP contribution in [0.5, 0.6) is 0 Å². The number of carbonyl (C=O) groups excluding carboxylic acids is 2. The predicted octanol–water partition coefficient (Wildman–Crippen LogP) is 0.944. The maximum Gasteiger partial charge on any atom is 0.220 e. The van der Waals surface area contributed by atoms with Gasteiger partial charge in [-0.3, -0.25) is 9.59 Å². The van der Waals surface area contributed by atoms with E-state index in [4.69, 9.17) is 11.0 Å². The molecule has 0 radical (unpaired) electrons. The average Bonchev–Trinajstić information content (AvgIpc) is 2.16. The second-order valence-corrected chi connectivity index (χ2v) is 4.59. The number of amides is 2. The molecule has 0 aliphatic rings. The highest BCUT2D eigenvalue weighted by atomic mass is 16.2. The molecule has 0 rings (SSSR count). The molecular weight excluding hydrogens is 218 g/mol. The second-order valence-electron chi connectivity index (χ2n) is 4.59. The molecule has 5 heteroatoms. The summed E-state index contributed by atoms with van der Waals surface area (Å²) < 4.78 is 0. The zero-order valence-electron chi connectivity index (χ0n) is 10.5. The molecule has 0 fully saturated rings. The number of carbonyl (C=O) groups is 2. The van der Waals surface area contributed by atoms with Gasteiger partial charge in [-0.05, 0) is 18.3 Å². The Morgan fingerprint density at radius 3 is 2.47 bits per heavy atom. The van der Waals surface area contributed by atoms with Crippen LogP contribution >= 0.6 is 0 Å². The fraction of sp³-hybridized carbons (Fsp3) is 0.750. The van der Waals surface area contributed by atoms with E-state index in [0.717, 1.165) is 6.42 Å². The van der Waals surface area contributed by atoms with Crippen molar-refractivity contribution in [1.82, 2.24) is 5.32 Å². The number of hydrogen-bond acceptors (Lipinski definition) is 3. The number of hydrogen-bond donors (Lipinski definition) is 2. The van der Waals surface area contributed by atoms with E-state index in [9.17, 15) is 9.59 Å². The Hall–Kier alpha value is -1.57. The third-order valence-electron chi connectivity index (χ3n) is 2.48. The quantitative estimate of drug-likeness (QED) is 0.659. The average molecular weight is 239 g/mol. The lowest BCUT2D eigenvalue weighted by molar-refractivity contribution is -0.122. The van der Waals surface area contributed by atoms with Crippen molar-refractivity contribution in [2.75, 3.05) is 6.54 Å². The molecule has 0 aliphatic heterocycles. The summed E-state index contributed by atoms with van der Waals surface area (Å²) in [6.45, 7) is 4.37. The van der Waals surface area contributed by atoms with Crippen molar-refractivity contribution >= 4 is 11.8 Å². The monoisotopic (exact) mass is 239 g/mol. The summed E-state index contributed by atoms with van der Waals surface area (Å²) in [5, 5.41) is 11.2. The zero-order valence-corrected chi connectivity index (χ0v) is 10.5. The minimum absolute atomic E-state index is 0.0240. The molecule has 0 bridgehead atoms. The lowest BCUT2D eigenvalue weighted by Crippen LogP contribution is -2.28. The molecule has 3 N–H and O–H groups in total. The molecule has 0 aromatic carbocycles. The Morgan fingerprint density at radius 2 is 1.94 bits per heavy atom. The number of primary amides is 1. The lowest BCUT2D eigenvalue weighted by atomic mass is 10.0. The van der Waals surface area contributed by atoms with Gasteiger partial charge in [0.25, 0.3) is 0 Å². The maximum atomic E-state index is 11.4. The molecule has 0 saturated heterocycles. The third-order valence-corrected chi connectivity index (χ3v) is 2.48. The van der Waals surface area contributed by atoms with Crippen LogP contribution in [0.4, 0.5) is 0 Å². The Labute approximate surface area is 102 Å². The molecule has 0 aromatic heterocycles. The van der Waals surface area contributed by atoms with Crippen LogP contribution in [0, 0.1) is 23.2 Å². The van der Waals surface area contributed by atoms with Crippen LogP contribution in [0.3, 0.4) is 0 Å². The Bertz CT molecular complexity index is 297. The molecule has 2 amide bonds. The fourth-order valence-electron chi connectivity index (χ4n) is 1.52. The van der Waals surface area contributed by atoms with Crippen LogP contribution in [-0.4, -0.2) is 18.4 Å². The highest BCUT2D eigenvalue weighted by Gasteiger charge is 2.11. The lowest BCUT2D eigenvalue weighted by Gasteiger charge is -2.11. The first-order chi connectivity index (χ1) is 7.95. The van der Waals surface area contributed by atoms with Gasteiger partial charge in [-0.1, -0.05) is 13.8 Å². The van der Waals surface area contributed by atoms with Crippen LogP contribution in [-0.2, 0) is 9.59 Å². The topological polar surface area (TPSA) is 96.0 Å². The van der Waals surface area contributed by atoms with Crippen LogP contribution in [0.15, 0.2) is 0 Å². The van der Waals surface area contributed by atoms with Gasteiger partial charge < -0.3 is 11.1 Å². The molecule has 0 heterocycles. The van der Waals surface area contributed by atoms with E-state index >= 15 is 0 Å². The molecule has 0 saturated carbocycles. The summed E-state index contributed by atoms with van der Waals surface area (Å²) in [5.74, 6) is -0.178. The highest BCUT2D eigenvalue weighted by Crippen LogP contribution is 2.07. The van der Waals surface area contributed by atoms with E-state index in [1.807, 2.05) is 13.8 Å². The zero-order chi connectivity index (χ0) is 13.3. The van der Waals surface area contributed by atoms with Crippen molar-refractivity contribution in [3.8, 4) is 6.07 Å². The Balaban J connectivity index is 3.66. The molecule has 2 unspecified atom stereocenters. The number of nitriles is 1. The van der Waals surface area contributed by atoms with Crippen molar-refractivity contribution in [1.29, 1.82) is 5.26 Å². The molecule has 0 aromatic rings. The minimum atomic E-state index is -0.382. The van der Waals surface area contributed by atoms with Crippen LogP contribution in [0.2, 0.25) is 0 Å². The summed E-state index contributed by atoms with van der Waals surface area (Å²) in [7, 11) is 0. The summed E-state index contributed by atoms with van der Waals surface area (Å²) >= 11 is 0. The third kappa shape index (κ3) is 9.36. The van der Waals surface area contributed by atoms with Gasteiger partial charge in [0, 0.05) is 25.8 Å². The summed E-state index contributed by atoms with van der Waals surface area (Å²) in [4.78, 5) is 22.1. The molecule has 5 nitrogen and oxygen atoms in total. The standard InChI is InChI=1S/C12H21N3O2/c1-9(3-5-13)4-6-15-12(17)8-10(2)7-11(14)16/h9-10H,3-4,6-8H2,1-2H3,(H2,14,16)(H,15,17). The largest absolute Gasteiger partial charge is 0.370 e. The number of rotatable bonds is 8. The number of nitrogens with zero attached hydrogens (tertiary/aromatic N) is 1. The highest BCUT2D eigenvalue weighted by molar-refractivity contribution is 5.78. The van der Waals surface area contributed by atoms with E-state index in [1.165, 1.54) is 0 Å². The van der Waals surface area contributed by atoms with Crippen LogP contribution in [0.1, 0.15) is 39.5 Å². The van der Waals surface area contributed by atoms with Crippen LogP contribution < -0.4 is 11.1 Å². The molecule has 17 heavy (non-hydrogen) atoms. The van der Waals surface area contributed by atoms with Gasteiger partial charge >= 0.3 is 0 Å². The number of nitrogens with two attached hydrogens (primary N) is 1. The van der Waals surface area contributed by atoms with Crippen molar-refractivity contribution in [2.24, 2.45) is 17.6 Å². The van der Waals surface area contributed by atoms with E-state index in [-0.39, 0.29) is 24.2 Å². The molecule has 0 spiro atoms. The van der Waals surface area contributed by atoms with Gasteiger partial charge in [0.2, 0.25) is 11.8 Å². The normalized spacial score (nSPS) is 13.5. The van der Waals surface area contributed by atoms with Crippen molar-refractivity contribution in [3.63, 3.8) is 0 Å². The van der Waals surface area contributed by atoms with Crippen LogP contribution in [0.25, 0.3) is 0 Å². The first-order valence-corrected chi connectivity index (χ1v) is 5.87. The maximum absolute atomic E-state index is 11.4.